The van der Waals surface area contributed by atoms with Crippen LogP contribution >= 0.6 is 0 Å². The Balaban J connectivity index is 1.64. The molecule has 148 valence electrons. The van der Waals surface area contributed by atoms with Gasteiger partial charge < -0.3 is 9.80 Å². The number of nitrogens with zero attached hydrogens (tertiary/aromatic N) is 4. The number of carbonyl (C=O) groups excluding carboxylic acids is 2. The van der Waals surface area contributed by atoms with E-state index in [0.717, 1.165) is 17.5 Å². The Morgan fingerprint density at radius 2 is 1.55 bits per heavy atom. The SMILES string of the molecule is CN(CCc1ccncc1)C(=O)c1ccnc(C(=O)N(C)Cc2ccccc2)c1. The molecule has 6 heteroatoms. The average Bonchev–Trinajstić information content (AvgIpc) is 2.78. The van der Waals surface area contributed by atoms with Gasteiger partial charge in [0.05, 0.1) is 0 Å². The molecule has 29 heavy (non-hydrogen) atoms. The van der Waals surface area contributed by atoms with Gasteiger partial charge >= 0.3 is 0 Å². The Morgan fingerprint density at radius 3 is 2.28 bits per heavy atom. The van der Waals surface area contributed by atoms with Gasteiger partial charge in [-0.15, -0.1) is 0 Å². The molecule has 0 fully saturated rings. The van der Waals surface area contributed by atoms with Crippen LogP contribution in [0.3, 0.4) is 0 Å². The highest BCUT2D eigenvalue weighted by molar-refractivity contribution is 5.98. The van der Waals surface area contributed by atoms with Crippen LogP contribution in [0.2, 0.25) is 0 Å². The first-order valence-corrected chi connectivity index (χ1v) is 9.44. The molecule has 0 atom stereocenters. The van der Waals surface area contributed by atoms with Gasteiger partial charge in [-0.05, 0) is 41.8 Å². The zero-order chi connectivity index (χ0) is 20.6. The topological polar surface area (TPSA) is 66.4 Å². The largest absolute Gasteiger partial charge is 0.341 e. The van der Waals surface area contributed by atoms with Crippen LogP contribution in [0.15, 0.2) is 73.2 Å². The summed E-state index contributed by atoms with van der Waals surface area (Å²) in [5.74, 6) is -0.357. The summed E-state index contributed by atoms with van der Waals surface area (Å²) in [6, 6.07) is 16.8. The molecule has 3 rings (SSSR count). The molecule has 2 aromatic heterocycles. The average molecular weight is 388 g/mol. The van der Waals surface area contributed by atoms with Crippen LogP contribution in [0.1, 0.15) is 32.0 Å². The molecule has 0 unspecified atom stereocenters. The Hall–Kier alpha value is -3.54. The minimum atomic E-state index is -0.219. The number of aromatic nitrogens is 2. The summed E-state index contributed by atoms with van der Waals surface area (Å²) in [6.07, 6.45) is 5.72. The van der Waals surface area contributed by atoms with Crippen molar-refractivity contribution in [2.24, 2.45) is 0 Å². The third-order valence-electron chi connectivity index (χ3n) is 4.67. The lowest BCUT2D eigenvalue weighted by atomic mass is 10.1. The maximum atomic E-state index is 12.8. The van der Waals surface area contributed by atoms with Crippen molar-refractivity contribution in [3.8, 4) is 0 Å². The molecule has 1 aromatic carbocycles. The van der Waals surface area contributed by atoms with Crippen molar-refractivity contribution in [2.75, 3.05) is 20.6 Å². The smallest absolute Gasteiger partial charge is 0.272 e. The summed E-state index contributed by atoms with van der Waals surface area (Å²) in [7, 11) is 3.49. The van der Waals surface area contributed by atoms with E-state index in [0.29, 0.717) is 18.7 Å². The normalized spacial score (nSPS) is 10.4. The summed E-state index contributed by atoms with van der Waals surface area (Å²) < 4.78 is 0. The first kappa shape index (κ1) is 20.2. The van der Waals surface area contributed by atoms with Crippen LogP contribution in [0.25, 0.3) is 0 Å². The Morgan fingerprint density at radius 1 is 0.828 bits per heavy atom. The van der Waals surface area contributed by atoms with Crippen molar-refractivity contribution >= 4 is 11.8 Å². The van der Waals surface area contributed by atoms with E-state index >= 15 is 0 Å². The second-order valence-corrected chi connectivity index (χ2v) is 6.91. The Bertz CT molecular complexity index is 961. The lowest BCUT2D eigenvalue weighted by Gasteiger charge is -2.19. The van der Waals surface area contributed by atoms with E-state index < -0.39 is 0 Å². The minimum absolute atomic E-state index is 0.138. The monoisotopic (exact) mass is 388 g/mol. The molecule has 0 aliphatic heterocycles. The predicted octanol–water partition coefficient (Wildman–Crippen LogP) is 3.06. The summed E-state index contributed by atoms with van der Waals surface area (Å²) in [5, 5.41) is 0. The number of likely N-dealkylation sites (N-methyl/N-ethyl adjacent to an activating group) is 1. The molecule has 0 aliphatic rings. The van der Waals surface area contributed by atoms with Crippen molar-refractivity contribution in [1.29, 1.82) is 0 Å². The van der Waals surface area contributed by atoms with E-state index in [9.17, 15) is 9.59 Å². The highest BCUT2D eigenvalue weighted by atomic mass is 16.2. The molecule has 0 bridgehead atoms. The number of amides is 2. The first-order valence-electron chi connectivity index (χ1n) is 9.44. The summed E-state index contributed by atoms with van der Waals surface area (Å²) in [6.45, 7) is 1.05. The fourth-order valence-corrected chi connectivity index (χ4v) is 2.97. The van der Waals surface area contributed by atoms with E-state index in [1.54, 1.807) is 48.4 Å². The minimum Gasteiger partial charge on any atom is -0.341 e. The van der Waals surface area contributed by atoms with Crippen LogP contribution in [-0.4, -0.2) is 52.2 Å². The predicted molar refractivity (Wildman–Crippen MR) is 111 cm³/mol. The number of benzene rings is 1. The van der Waals surface area contributed by atoms with Gasteiger partial charge in [0.1, 0.15) is 5.69 Å². The van der Waals surface area contributed by atoms with E-state index in [1.165, 1.54) is 6.20 Å². The Labute approximate surface area is 170 Å². The molecule has 2 heterocycles. The summed E-state index contributed by atoms with van der Waals surface area (Å²) in [4.78, 5) is 36.9. The van der Waals surface area contributed by atoms with Gasteiger partial charge in [0.15, 0.2) is 0 Å². The highest BCUT2D eigenvalue weighted by Crippen LogP contribution is 2.11. The van der Waals surface area contributed by atoms with Gasteiger partial charge in [-0.25, -0.2) is 0 Å². The highest BCUT2D eigenvalue weighted by Gasteiger charge is 2.17. The van der Waals surface area contributed by atoms with E-state index in [-0.39, 0.29) is 17.5 Å². The van der Waals surface area contributed by atoms with Crippen molar-refractivity contribution in [3.63, 3.8) is 0 Å². The molecule has 0 radical (unpaired) electrons. The third-order valence-corrected chi connectivity index (χ3v) is 4.67. The van der Waals surface area contributed by atoms with Crippen molar-refractivity contribution < 1.29 is 9.59 Å². The molecular weight excluding hydrogens is 364 g/mol. The van der Waals surface area contributed by atoms with E-state index in [2.05, 4.69) is 9.97 Å². The van der Waals surface area contributed by atoms with Crippen LogP contribution in [0.5, 0.6) is 0 Å². The zero-order valence-corrected chi connectivity index (χ0v) is 16.7. The van der Waals surface area contributed by atoms with Gasteiger partial charge in [-0.1, -0.05) is 30.3 Å². The first-order chi connectivity index (χ1) is 14.0. The number of rotatable bonds is 7. The van der Waals surface area contributed by atoms with Gasteiger partial charge in [-0.2, -0.15) is 0 Å². The van der Waals surface area contributed by atoms with Gasteiger partial charge in [0.25, 0.3) is 11.8 Å². The van der Waals surface area contributed by atoms with Crippen molar-refractivity contribution in [3.05, 3.63) is 95.6 Å². The standard InChI is InChI=1S/C23H24N4O2/c1-26(15-11-18-8-12-24-13-9-18)22(28)20-10-14-25-21(16-20)23(29)27(2)17-19-6-4-3-5-7-19/h3-10,12-14,16H,11,15,17H2,1-2H3. The van der Waals surface area contributed by atoms with Gasteiger partial charge in [0.2, 0.25) is 0 Å². The van der Waals surface area contributed by atoms with E-state index in [4.69, 9.17) is 0 Å². The van der Waals surface area contributed by atoms with Crippen molar-refractivity contribution in [2.45, 2.75) is 13.0 Å². The summed E-state index contributed by atoms with van der Waals surface area (Å²) >= 11 is 0. The number of hydrogen-bond donors (Lipinski definition) is 0. The molecule has 0 saturated carbocycles. The van der Waals surface area contributed by atoms with Crippen LogP contribution in [-0.2, 0) is 13.0 Å². The number of pyridine rings is 2. The molecule has 3 aromatic rings. The maximum absolute atomic E-state index is 12.8. The zero-order valence-electron chi connectivity index (χ0n) is 16.7. The molecule has 2 amide bonds. The molecule has 0 aliphatic carbocycles. The molecule has 0 saturated heterocycles. The quantitative estimate of drug-likeness (QED) is 0.624. The van der Waals surface area contributed by atoms with E-state index in [1.807, 2.05) is 42.5 Å². The number of hydrogen-bond acceptors (Lipinski definition) is 4. The van der Waals surface area contributed by atoms with Crippen LogP contribution in [0, 0.1) is 0 Å². The number of carbonyl (C=O) groups is 2. The molecular formula is C23H24N4O2. The Kier molecular flexibility index (Phi) is 6.68. The lowest BCUT2D eigenvalue weighted by molar-refractivity contribution is 0.0779. The summed E-state index contributed by atoms with van der Waals surface area (Å²) in [5.41, 5.74) is 2.87. The lowest BCUT2D eigenvalue weighted by Crippen LogP contribution is -2.30. The van der Waals surface area contributed by atoms with Crippen molar-refractivity contribution in [1.82, 2.24) is 19.8 Å². The second-order valence-electron chi connectivity index (χ2n) is 6.91. The molecule has 0 spiro atoms. The van der Waals surface area contributed by atoms with Crippen LogP contribution < -0.4 is 0 Å². The fourth-order valence-electron chi connectivity index (χ4n) is 2.97. The van der Waals surface area contributed by atoms with Gasteiger partial charge in [-0.3, -0.25) is 19.6 Å². The molecule has 0 N–H and O–H groups in total. The van der Waals surface area contributed by atoms with Gasteiger partial charge in [0, 0.05) is 51.3 Å². The second kappa shape index (κ2) is 9.59. The maximum Gasteiger partial charge on any atom is 0.272 e. The van der Waals surface area contributed by atoms with Crippen LogP contribution in [0.4, 0.5) is 0 Å². The fraction of sp³-hybridized carbons (Fsp3) is 0.217. The molecule has 6 nitrogen and oxygen atoms in total. The third kappa shape index (κ3) is 5.48.